The molecule has 0 bridgehead atoms. The summed E-state index contributed by atoms with van der Waals surface area (Å²) in [6.07, 6.45) is 3.00. The first kappa shape index (κ1) is 19.3. The van der Waals surface area contributed by atoms with E-state index in [1.165, 1.54) is 4.68 Å². The summed E-state index contributed by atoms with van der Waals surface area (Å²) in [5, 5.41) is 7.93. The molecule has 0 saturated heterocycles. The maximum absolute atomic E-state index is 12.2. The number of aromatic nitrogens is 3. The van der Waals surface area contributed by atoms with Gasteiger partial charge in [0.25, 0.3) is 0 Å². The number of hydrogen-bond acceptors (Lipinski definition) is 6. The lowest BCUT2D eigenvalue weighted by Crippen LogP contribution is -2.37. The Labute approximate surface area is 159 Å². The van der Waals surface area contributed by atoms with Gasteiger partial charge in [-0.25, -0.2) is 9.48 Å². The number of rotatable bonds is 6. The first-order valence-electron chi connectivity index (χ1n) is 9.57. The van der Waals surface area contributed by atoms with E-state index in [0.717, 1.165) is 24.8 Å². The van der Waals surface area contributed by atoms with Gasteiger partial charge in [0.1, 0.15) is 18.2 Å². The van der Waals surface area contributed by atoms with Gasteiger partial charge in [-0.1, -0.05) is 44.5 Å². The van der Waals surface area contributed by atoms with E-state index in [1.807, 2.05) is 24.3 Å². The number of benzene rings is 1. The van der Waals surface area contributed by atoms with Gasteiger partial charge in [0, 0.05) is 0 Å². The number of ether oxygens (including phenoxy) is 2. The third kappa shape index (κ3) is 4.84. The van der Waals surface area contributed by atoms with E-state index in [9.17, 15) is 9.59 Å². The molecule has 1 aliphatic rings. The van der Waals surface area contributed by atoms with Gasteiger partial charge in [0.2, 0.25) is 0 Å². The van der Waals surface area contributed by atoms with Crippen molar-refractivity contribution in [2.45, 2.75) is 52.7 Å². The normalized spacial score (nSPS) is 22.7. The Hall–Kier alpha value is -2.44. The van der Waals surface area contributed by atoms with Crippen LogP contribution in [0.4, 0.5) is 0 Å². The van der Waals surface area contributed by atoms with E-state index >= 15 is 0 Å². The highest BCUT2D eigenvalue weighted by Crippen LogP contribution is 2.35. The summed E-state index contributed by atoms with van der Waals surface area (Å²) in [4.78, 5) is 24.2. The highest BCUT2D eigenvalue weighted by molar-refractivity contribution is 5.79. The predicted molar refractivity (Wildman–Crippen MR) is 99.7 cm³/mol. The van der Waals surface area contributed by atoms with Crippen LogP contribution >= 0.6 is 0 Å². The van der Waals surface area contributed by atoms with Crippen molar-refractivity contribution in [3.8, 4) is 0 Å². The quantitative estimate of drug-likeness (QED) is 0.724. The molecule has 1 aliphatic carbocycles. The Morgan fingerprint density at radius 1 is 1.22 bits per heavy atom. The Morgan fingerprint density at radius 2 is 2.00 bits per heavy atom. The Kier molecular flexibility index (Phi) is 6.08. The summed E-state index contributed by atoms with van der Waals surface area (Å²) in [6, 6.07) is 7.35. The minimum Gasteiger partial charge on any atom is -0.460 e. The third-order valence-corrected chi connectivity index (χ3v) is 5.29. The van der Waals surface area contributed by atoms with Crippen molar-refractivity contribution in [3.05, 3.63) is 24.3 Å². The molecular formula is C20H27N3O4. The number of nitrogens with zero attached hydrogens (tertiary/aromatic N) is 3. The van der Waals surface area contributed by atoms with Gasteiger partial charge >= 0.3 is 11.9 Å². The molecule has 3 rings (SSSR count). The average molecular weight is 373 g/mol. The van der Waals surface area contributed by atoms with Crippen molar-refractivity contribution in [2.24, 2.45) is 17.8 Å². The van der Waals surface area contributed by atoms with Crippen LogP contribution in [0.3, 0.4) is 0 Å². The molecule has 27 heavy (non-hydrogen) atoms. The number of carbonyl (C=O) groups is 2. The molecule has 1 fully saturated rings. The van der Waals surface area contributed by atoms with Crippen LogP contribution in [0.5, 0.6) is 0 Å². The van der Waals surface area contributed by atoms with Crippen molar-refractivity contribution < 1.29 is 19.1 Å². The molecule has 1 saturated carbocycles. The van der Waals surface area contributed by atoms with Gasteiger partial charge in [-0.3, -0.25) is 4.79 Å². The van der Waals surface area contributed by atoms with Crippen molar-refractivity contribution in [3.63, 3.8) is 0 Å². The van der Waals surface area contributed by atoms with E-state index in [1.54, 1.807) is 0 Å². The molecular weight excluding hydrogens is 346 g/mol. The molecule has 0 spiro atoms. The van der Waals surface area contributed by atoms with E-state index < -0.39 is 11.9 Å². The van der Waals surface area contributed by atoms with Crippen LogP contribution in [0, 0.1) is 17.8 Å². The largest absolute Gasteiger partial charge is 0.460 e. The minimum atomic E-state index is -0.542. The number of esters is 2. The van der Waals surface area contributed by atoms with E-state index in [-0.39, 0.29) is 19.3 Å². The molecule has 1 aromatic carbocycles. The summed E-state index contributed by atoms with van der Waals surface area (Å²) in [6.45, 7) is 6.03. The lowest BCUT2D eigenvalue weighted by molar-refractivity contribution is -0.167. The Balaban J connectivity index is 1.50. The molecule has 0 aliphatic heterocycles. The van der Waals surface area contributed by atoms with E-state index in [4.69, 9.17) is 9.47 Å². The fourth-order valence-corrected chi connectivity index (χ4v) is 3.79. The molecule has 0 unspecified atom stereocenters. The number of hydrogen-bond donors (Lipinski definition) is 0. The molecule has 146 valence electrons. The van der Waals surface area contributed by atoms with Crippen LogP contribution in [0.25, 0.3) is 11.0 Å². The van der Waals surface area contributed by atoms with Crippen LogP contribution in [-0.2, 0) is 25.6 Å². The summed E-state index contributed by atoms with van der Waals surface area (Å²) < 4.78 is 12.2. The van der Waals surface area contributed by atoms with Crippen molar-refractivity contribution in [2.75, 3.05) is 6.61 Å². The molecule has 0 N–H and O–H groups in total. The van der Waals surface area contributed by atoms with E-state index in [2.05, 4.69) is 31.1 Å². The number of para-hydroxylation sites is 1. The maximum Gasteiger partial charge on any atom is 0.344 e. The summed E-state index contributed by atoms with van der Waals surface area (Å²) in [5.74, 6) is 0.332. The van der Waals surface area contributed by atoms with Gasteiger partial charge in [0.15, 0.2) is 6.61 Å². The number of fused-ring (bicyclic) bond motifs is 1. The molecule has 7 nitrogen and oxygen atoms in total. The lowest BCUT2D eigenvalue weighted by Gasteiger charge is -2.36. The van der Waals surface area contributed by atoms with Gasteiger partial charge in [-0.2, -0.15) is 0 Å². The highest BCUT2D eigenvalue weighted by Gasteiger charge is 2.33. The highest BCUT2D eigenvalue weighted by atomic mass is 16.6. The van der Waals surface area contributed by atoms with Crippen molar-refractivity contribution in [1.82, 2.24) is 15.0 Å². The summed E-state index contributed by atoms with van der Waals surface area (Å²) >= 11 is 0. The predicted octanol–water partition coefficient (Wildman–Crippen LogP) is 2.98. The number of carbonyl (C=O) groups excluding carboxylic acids is 2. The van der Waals surface area contributed by atoms with Crippen LogP contribution in [0.1, 0.15) is 40.0 Å². The third-order valence-electron chi connectivity index (χ3n) is 5.29. The zero-order valence-electron chi connectivity index (χ0n) is 16.1. The van der Waals surface area contributed by atoms with Gasteiger partial charge < -0.3 is 9.47 Å². The zero-order valence-corrected chi connectivity index (χ0v) is 16.1. The molecule has 0 amide bonds. The van der Waals surface area contributed by atoms with Crippen LogP contribution in [-0.4, -0.2) is 39.6 Å². The standard InChI is InChI=1S/C20H27N3O4/c1-13(2)15-9-8-14(3)10-18(15)27-20(25)12-26-19(24)11-23-17-7-5-4-6-16(17)21-22-23/h4-7,13-15,18H,8-12H2,1-3H3/t14-,15-,18-/m1/s1. The first-order chi connectivity index (χ1) is 12.9. The van der Waals surface area contributed by atoms with Crippen LogP contribution in [0.2, 0.25) is 0 Å². The molecule has 1 heterocycles. The van der Waals surface area contributed by atoms with Crippen molar-refractivity contribution in [1.29, 1.82) is 0 Å². The second kappa shape index (κ2) is 8.50. The SMILES string of the molecule is CC(C)[C@H]1CC[C@@H](C)C[C@H]1OC(=O)COC(=O)Cn1nnc2ccccc21. The summed E-state index contributed by atoms with van der Waals surface area (Å²) in [7, 11) is 0. The molecule has 2 aromatic rings. The van der Waals surface area contributed by atoms with Crippen molar-refractivity contribution >= 4 is 23.0 Å². The molecule has 3 atom stereocenters. The lowest BCUT2D eigenvalue weighted by atomic mass is 9.75. The van der Waals surface area contributed by atoms with Gasteiger partial charge in [-0.15, -0.1) is 5.10 Å². The monoisotopic (exact) mass is 373 g/mol. The maximum atomic E-state index is 12.2. The summed E-state index contributed by atoms with van der Waals surface area (Å²) in [5.41, 5.74) is 1.45. The average Bonchev–Trinajstić information content (AvgIpc) is 3.03. The molecule has 1 aromatic heterocycles. The second-order valence-electron chi connectivity index (χ2n) is 7.75. The smallest absolute Gasteiger partial charge is 0.344 e. The zero-order chi connectivity index (χ0) is 19.4. The molecule has 0 radical (unpaired) electrons. The minimum absolute atomic E-state index is 0.0944. The molecule has 7 heteroatoms. The Bertz CT molecular complexity index is 801. The second-order valence-corrected chi connectivity index (χ2v) is 7.75. The van der Waals surface area contributed by atoms with Gasteiger partial charge in [0.05, 0.1) is 5.52 Å². The fraction of sp³-hybridized carbons (Fsp3) is 0.600. The van der Waals surface area contributed by atoms with Crippen LogP contribution in [0.15, 0.2) is 24.3 Å². The Morgan fingerprint density at radius 3 is 2.78 bits per heavy atom. The van der Waals surface area contributed by atoms with E-state index in [0.29, 0.717) is 23.3 Å². The first-order valence-corrected chi connectivity index (χ1v) is 9.57. The van der Waals surface area contributed by atoms with Crippen LogP contribution < -0.4 is 0 Å². The fourth-order valence-electron chi connectivity index (χ4n) is 3.79. The van der Waals surface area contributed by atoms with Gasteiger partial charge in [-0.05, 0) is 42.7 Å². The topological polar surface area (TPSA) is 83.3 Å².